The maximum atomic E-state index is 12.7. The Kier molecular flexibility index (Phi) is 6.11. The summed E-state index contributed by atoms with van der Waals surface area (Å²) in [6.07, 6.45) is 0.223. The van der Waals surface area contributed by atoms with Gasteiger partial charge in [0.2, 0.25) is 0 Å². The van der Waals surface area contributed by atoms with Crippen molar-refractivity contribution in [1.82, 2.24) is 5.32 Å². The van der Waals surface area contributed by atoms with Crippen molar-refractivity contribution in [1.29, 1.82) is 0 Å². The average molecular weight is 390 g/mol. The number of carboxylic acid groups (broad SMARTS) is 1. The number of nitrogens with one attached hydrogen (secondary N) is 1. The lowest BCUT2D eigenvalue weighted by molar-refractivity contribution is -0.385. The molecular formula is C20H26N2O6. The Balaban J connectivity index is 2.94. The van der Waals surface area contributed by atoms with Crippen molar-refractivity contribution in [2.75, 3.05) is 7.11 Å². The summed E-state index contributed by atoms with van der Waals surface area (Å²) in [5, 5.41) is 25.1. The zero-order valence-electron chi connectivity index (χ0n) is 16.7. The van der Waals surface area contributed by atoms with Crippen molar-refractivity contribution in [3.63, 3.8) is 0 Å². The van der Waals surface area contributed by atoms with Crippen LogP contribution < -0.4 is 5.32 Å². The van der Waals surface area contributed by atoms with Gasteiger partial charge in [-0.3, -0.25) is 14.9 Å². The number of nitro benzene ring substituents is 1. The van der Waals surface area contributed by atoms with Gasteiger partial charge in [-0.2, -0.15) is 0 Å². The van der Waals surface area contributed by atoms with Gasteiger partial charge in [0.1, 0.15) is 0 Å². The number of nitro groups is 1. The Bertz CT molecular complexity index is 832. The Hall–Kier alpha value is -2.90. The van der Waals surface area contributed by atoms with Gasteiger partial charge in [0.05, 0.1) is 23.0 Å². The first-order valence-electron chi connectivity index (χ1n) is 9.10. The Morgan fingerprint density at radius 1 is 1.36 bits per heavy atom. The molecule has 0 bridgehead atoms. The molecule has 0 spiro atoms. The highest BCUT2D eigenvalue weighted by Crippen LogP contribution is 2.53. The van der Waals surface area contributed by atoms with Gasteiger partial charge >= 0.3 is 11.9 Å². The highest BCUT2D eigenvalue weighted by molar-refractivity contribution is 5.94. The second kappa shape index (κ2) is 8.00. The first-order chi connectivity index (χ1) is 13.1. The number of carbonyl (C=O) groups excluding carboxylic acids is 1. The largest absolute Gasteiger partial charge is 0.481 e. The third kappa shape index (κ3) is 3.46. The molecule has 1 aliphatic heterocycles. The van der Waals surface area contributed by atoms with E-state index < -0.39 is 34.2 Å². The number of carbonyl (C=O) groups is 2. The van der Waals surface area contributed by atoms with Crippen LogP contribution in [0.1, 0.15) is 45.6 Å². The van der Waals surface area contributed by atoms with Crippen LogP contribution in [-0.2, 0) is 14.3 Å². The molecule has 2 rings (SSSR count). The van der Waals surface area contributed by atoms with E-state index in [2.05, 4.69) is 5.32 Å². The van der Waals surface area contributed by atoms with E-state index in [-0.39, 0.29) is 29.2 Å². The first-order valence-corrected chi connectivity index (χ1v) is 9.10. The zero-order valence-corrected chi connectivity index (χ0v) is 16.7. The number of benzene rings is 1. The molecule has 0 amide bonds. The van der Waals surface area contributed by atoms with Crippen LogP contribution in [0.15, 0.2) is 35.5 Å². The number of carboxylic acids is 1. The van der Waals surface area contributed by atoms with Crippen LogP contribution in [0.3, 0.4) is 0 Å². The third-order valence-electron chi connectivity index (χ3n) is 5.41. The van der Waals surface area contributed by atoms with Gasteiger partial charge in [-0.05, 0) is 26.2 Å². The normalized spacial score (nSPS) is 24.6. The maximum Gasteiger partial charge on any atom is 0.336 e. The molecule has 152 valence electrons. The van der Waals surface area contributed by atoms with E-state index in [1.807, 2.05) is 13.8 Å². The summed E-state index contributed by atoms with van der Waals surface area (Å²) in [5.41, 5.74) is -0.918. The van der Waals surface area contributed by atoms with Crippen LogP contribution in [0.25, 0.3) is 0 Å². The molecule has 0 radical (unpaired) electrons. The summed E-state index contributed by atoms with van der Waals surface area (Å²) >= 11 is 0. The minimum absolute atomic E-state index is 0.0251. The third-order valence-corrected chi connectivity index (χ3v) is 5.41. The van der Waals surface area contributed by atoms with E-state index in [1.165, 1.54) is 25.3 Å². The minimum Gasteiger partial charge on any atom is -0.481 e. The van der Waals surface area contributed by atoms with Gasteiger partial charge < -0.3 is 15.2 Å². The van der Waals surface area contributed by atoms with Crippen molar-refractivity contribution in [2.45, 2.75) is 46.1 Å². The molecule has 1 aromatic carbocycles. The number of hydrogen-bond acceptors (Lipinski definition) is 6. The minimum atomic E-state index is -1.47. The number of ether oxygens (including phenoxy) is 1. The summed E-state index contributed by atoms with van der Waals surface area (Å²) in [6, 6.07) is 5.42. The molecule has 0 aromatic heterocycles. The average Bonchev–Trinajstić information content (AvgIpc) is 2.62. The SMILES string of the molecule is COC(=O)C1=C(C)NC(C)C(CC(C)C)(C(=O)O)C1c1ccccc1[N+](=O)[O-]. The van der Waals surface area contributed by atoms with Gasteiger partial charge in [-0.15, -0.1) is 0 Å². The number of allylic oxidation sites excluding steroid dienone is 1. The number of para-hydroxylation sites is 1. The van der Waals surface area contributed by atoms with Crippen LogP contribution in [0.4, 0.5) is 5.69 Å². The Labute approximate surface area is 163 Å². The lowest BCUT2D eigenvalue weighted by Crippen LogP contribution is -2.57. The lowest BCUT2D eigenvalue weighted by atomic mass is 9.59. The molecule has 1 aromatic rings. The van der Waals surface area contributed by atoms with Gasteiger partial charge in [-0.25, -0.2) is 4.79 Å². The predicted octanol–water partition coefficient (Wildman–Crippen LogP) is 3.23. The summed E-state index contributed by atoms with van der Waals surface area (Å²) in [4.78, 5) is 36.5. The number of aliphatic carboxylic acids is 1. The Morgan fingerprint density at radius 3 is 2.46 bits per heavy atom. The highest BCUT2D eigenvalue weighted by Gasteiger charge is 2.57. The fourth-order valence-corrected chi connectivity index (χ4v) is 4.33. The first kappa shape index (κ1) is 21.4. The molecule has 1 heterocycles. The number of esters is 1. The summed E-state index contributed by atoms with van der Waals surface area (Å²) < 4.78 is 4.93. The molecule has 0 aliphatic carbocycles. The fourth-order valence-electron chi connectivity index (χ4n) is 4.33. The van der Waals surface area contributed by atoms with E-state index in [4.69, 9.17) is 4.74 Å². The predicted molar refractivity (Wildman–Crippen MR) is 103 cm³/mol. The molecule has 0 saturated heterocycles. The van der Waals surface area contributed by atoms with Crippen LogP contribution in [-0.4, -0.2) is 35.1 Å². The smallest absolute Gasteiger partial charge is 0.336 e. The molecule has 3 unspecified atom stereocenters. The van der Waals surface area contributed by atoms with Crippen molar-refractivity contribution < 1.29 is 24.4 Å². The van der Waals surface area contributed by atoms with Crippen molar-refractivity contribution in [2.24, 2.45) is 11.3 Å². The van der Waals surface area contributed by atoms with Gasteiger partial charge in [0.15, 0.2) is 0 Å². The van der Waals surface area contributed by atoms with E-state index in [0.29, 0.717) is 5.70 Å². The van der Waals surface area contributed by atoms with Gasteiger partial charge in [0.25, 0.3) is 5.69 Å². The quantitative estimate of drug-likeness (QED) is 0.435. The zero-order chi connectivity index (χ0) is 21.2. The van der Waals surface area contributed by atoms with Gasteiger partial charge in [-0.1, -0.05) is 32.0 Å². The number of methoxy groups -OCH3 is 1. The highest BCUT2D eigenvalue weighted by atomic mass is 16.6. The standard InChI is InChI=1S/C20H26N2O6/c1-11(2)10-20(19(24)25)13(4)21-12(3)16(18(23)28-5)17(20)14-8-6-7-9-15(14)22(26)27/h6-9,11,13,17,21H,10H2,1-5H3,(H,24,25). The molecule has 0 fully saturated rings. The van der Waals surface area contributed by atoms with Crippen molar-refractivity contribution in [3.05, 3.63) is 51.2 Å². The van der Waals surface area contributed by atoms with Crippen molar-refractivity contribution in [3.8, 4) is 0 Å². The lowest BCUT2D eigenvalue weighted by Gasteiger charge is -2.47. The number of nitrogens with zero attached hydrogens (tertiary/aromatic N) is 1. The van der Waals surface area contributed by atoms with E-state index in [9.17, 15) is 24.8 Å². The fraction of sp³-hybridized carbons (Fsp3) is 0.500. The molecule has 0 saturated carbocycles. The second-order valence-corrected chi connectivity index (χ2v) is 7.59. The van der Waals surface area contributed by atoms with Gasteiger partial charge in [0, 0.05) is 29.3 Å². The van der Waals surface area contributed by atoms with Crippen LogP contribution in [0.2, 0.25) is 0 Å². The van der Waals surface area contributed by atoms with Crippen LogP contribution in [0, 0.1) is 21.4 Å². The summed E-state index contributed by atoms with van der Waals surface area (Å²) in [5.74, 6) is -2.87. The number of hydrogen-bond donors (Lipinski definition) is 2. The summed E-state index contributed by atoms with van der Waals surface area (Å²) in [6.45, 7) is 7.16. The molecule has 8 nitrogen and oxygen atoms in total. The Morgan fingerprint density at radius 2 is 1.96 bits per heavy atom. The summed E-state index contributed by atoms with van der Waals surface area (Å²) in [7, 11) is 1.21. The molecule has 8 heteroatoms. The van der Waals surface area contributed by atoms with Crippen LogP contribution >= 0.6 is 0 Å². The van der Waals surface area contributed by atoms with Crippen LogP contribution in [0.5, 0.6) is 0 Å². The molecular weight excluding hydrogens is 364 g/mol. The molecule has 2 N–H and O–H groups in total. The number of rotatable bonds is 6. The van der Waals surface area contributed by atoms with Crippen molar-refractivity contribution >= 4 is 17.6 Å². The molecule has 3 atom stereocenters. The maximum absolute atomic E-state index is 12.7. The van der Waals surface area contributed by atoms with E-state index >= 15 is 0 Å². The molecule has 28 heavy (non-hydrogen) atoms. The topological polar surface area (TPSA) is 119 Å². The molecule has 1 aliphatic rings. The van der Waals surface area contributed by atoms with E-state index in [1.54, 1.807) is 19.9 Å². The monoisotopic (exact) mass is 390 g/mol. The van der Waals surface area contributed by atoms with E-state index in [0.717, 1.165) is 0 Å². The second-order valence-electron chi connectivity index (χ2n) is 7.59.